The zero-order chi connectivity index (χ0) is 41.7. The Labute approximate surface area is 355 Å². The summed E-state index contributed by atoms with van der Waals surface area (Å²) in [5, 5.41) is 3.20. The van der Waals surface area contributed by atoms with Gasteiger partial charge in [-0.15, -0.1) is 0 Å². The first kappa shape index (κ1) is 42.3. The summed E-state index contributed by atoms with van der Waals surface area (Å²) in [5.41, 5.74) is 4.41. The number of guanidine groups is 1. The molecule has 2 saturated carbocycles. The molecule has 316 valence electrons. The Morgan fingerprint density at radius 2 is 1.30 bits per heavy atom. The van der Waals surface area contributed by atoms with Crippen molar-refractivity contribution in [2.24, 2.45) is 4.99 Å². The van der Waals surface area contributed by atoms with Crippen molar-refractivity contribution in [2.45, 2.75) is 109 Å². The number of nitrogens with zero attached hydrogens (tertiary/aromatic N) is 5. The minimum Gasteiger partial charge on any atom is -0.493 e. The van der Waals surface area contributed by atoms with Crippen molar-refractivity contribution in [1.29, 1.82) is 0 Å². The predicted octanol–water partition coefficient (Wildman–Crippen LogP) is 9.23. The van der Waals surface area contributed by atoms with Crippen molar-refractivity contribution in [3.8, 4) is 11.5 Å². The molecule has 0 saturated heterocycles. The maximum absolute atomic E-state index is 14.4. The van der Waals surface area contributed by atoms with Gasteiger partial charge in [0.05, 0.1) is 24.5 Å². The first-order valence-electron chi connectivity index (χ1n) is 21.8. The highest BCUT2D eigenvalue weighted by Crippen LogP contribution is 2.35. The van der Waals surface area contributed by atoms with Gasteiger partial charge in [0.15, 0.2) is 5.75 Å². The molecule has 11 heteroatoms. The van der Waals surface area contributed by atoms with Crippen LogP contribution in [-0.2, 0) is 29.2 Å². The van der Waals surface area contributed by atoms with Crippen molar-refractivity contribution < 1.29 is 23.9 Å². The number of nitrogens with one attached hydrogen (secondary N) is 1. The molecule has 7 rings (SSSR count). The molecule has 0 unspecified atom stereocenters. The van der Waals surface area contributed by atoms with Crippen molar-refractivity contribution in [1.82, 2.24) is 20.0 Å². The predicted molar refractivity (Wildman–Crippen MR) is 236 cm³/mol. The van der Waals surface area contributed by atoms with E-state index in [9.17, 15) is 14.4 Å². The van der Waals surface area contributed by atoms with Crippen LogP contribution in [0.25, 0.3) is 0 Å². The third kappa shape index (κ3) is 11.2. The standard InChI is InChI=1S/C49H60N6O5/c1-52(2)43-28-15-16-29-45(43)60-47(57)36-54-35-41-42(50-48(54)51-49(58)55(39-23-11-5-12-24-39)40-25-13-6-14-26-40)27-17-30-44(41)59-32-18-31-46(56)53(33-37-19-7-3-8-20-37)34-38-21-9-4-10-22-38/h3-4,7-10,15-17,19-22,27-30,39-40H,5-6,11-14,18,23-26,31-36H2,1-2H3,(H,50,51,58). The average Bonchev–Trinajstić information content (AvgIpc) is 3.27. The summed E-state index contributed by atoms with van der Waals surface area (Å²) >= 11 is 0. The summed E-state index contributed by atoms with van der Waals surface area (Å²) in [5.74, 6) is 0.988. The minimum absolute atomic E-state index is 0.0578. The Kier molecular flexibility index (Phi) is 14.7. The third-order valence-corrected chi connectivity index (χ3v) is 11.8. The van der Waals surface area contributed by atoms with Gasteiger partial charge in [0.2, 0.25) is 11.9 Å². The zero-order valence-corrected chi connectivity index (χ0v) is 35.3. The number of carbonyl (C=O) groups is 3. The van der Waals surface area contributed by atoms with Gasteiger partial charge in [-0.2, -0.15) is 0 Å². The Hall–Kier alpha value is -5.84. The Bertz CT molecular complexity index is 2000. The van der Waals surface area contributed by atoms with Crippen LogP contribution < -0.4 is 19.7 Å². The van der Waals surface area contributed by atoms with Crippen LogP contribution >= 0.6 is 0 Å². The van der Waals surface area contributed by atoms with Crippen LogP contribution in [0.1, 0.15) is 93.7 Å². The number of esters is 1. The molecule has 3 amide bonds. The molecule has 1 heterocycles. The molecular weight excluding hydrogens is 753 g/mol. The van der Waals surface area contributed by atoms with E-state index in [0.29, 0.717) is 55.7 Å². The van der Waals surface area contributed by atoms with Crippen LogP contribution in [0.4, 0.5) is 16.2 Å². The molecule has 0 aromatic heterocycles. The Balaban J connectivity index is 1.07. The number of anilines is 1. The van der Waals surface area contributed by atoms with E-state index in [1.54, 1.807) is 11.0 Å². The SMILES string of the molecule is CN(C)c1ccccc1OC(=O)CN1Cc2c(cccc2OCCCC(=O)N(Cc2ccccc2)Cc2ccccc2)N=C1NC(=O)N(C1CCCCC1)C1CCCCC1. The number of para-hydroxylation sites is 2. The van der Waals surface area contributed by atoms with Gasteiger partial charge in [-0.05, 0) is 67.5 Å². The zero-order valence-electron chi connectivity index (χ0n) is 35.3. The molecule has 0 spiro atoms. The summed E-state index contributed by atoms with van der Waals surface area (Å²) in [6.45, 7) is 1.49. The smallest absolute Gasteiger partial charge is 0.331 e. The molecule has 60 heavy (non-hydrogen) atoms. The number of hydrogen-bond donors (Lipinski definition) is 1. The summed E-state index contributed by atoms with van der Waals surface area (Å²) < 4.78 is 12.3. The first-order valence-corrected chi connectivity index (χ1v) is 21.8. The second kappa shape index (κ2) is 20.9. The van der Waals surface area contributed by atoms with E-state index >= 15 is 0 Å². The van der Waals surface area contributed by atoms with Crippen molar-refractivity contribution in [2.75, 3.05) is 32.1 Å². The van der Waals surface area contributed by atoms with E-state index in [1.165, 1.54) is 12.8 Å². The molecule has 3 aliphatic rings. The van der Waals surface area contributed by atoms with Gasteiger partial charge >= 0.3 is 12.0 Å². The highest BCUT2D eigenvalue weighted by atomic mass is 16.5. The van der Waals surface area contributed by atoms with Crippen LogP contribution in [0.5, 0.6) is 11.5 Å². The molecule has 1 aliphatic heterocycles. The number of rotatable bonds is 15. The summed E-state index contributed by atoms with van der Waals surface area (Å²) in [7, 11) is 3.81. The van der Waals surface area contributed by atoms with Crippen LogP contribution in [0, 0.1) is 0 Å². The second-order valence-corrected chi connectivity index (χ2v) is 16.5. The number of carbonyl (C=O) groups excluding carboxylic acids is 3. The van der Waals surface area contributed by atoms with Crippen molar-refractivity contribution in [3.05, 3.63) is 120 Å². The average molecular weight is 813 g/mol. The summed E-state index contributed by atoms with van der Waals surface area (Å²) in [6, 6.07) is 33.5. The summed E-state index contributed by atoms with van der Waals surface area (Å²) in [4.78, 5) is 54.5. The largest absolute Gasteiger partial charge is 0.493 e. The van der Waals surface area contributed by atoms with Gasteiger partial charge in [0.25, 0.3) is 0 Å². The van der Waals surface area contributed by atoms with E-state index in [-0.39, 0.29) is 37.1 Å². The lowest BCUT2D eigenvalue weighted by atomic mass is 9.89. The molecule has 11 nitrogen and oxygen atoms in total. The lowest BCUT2D eigenvalue weighted by Gasteiger charge is -2.42. The van der Waals surface area contributed by atoms with Gasteiger partial charge < -0.3 is 29.1 Å². The van der Waals surface area contributed by atoms with Gasteiger partial charge in [-0.25, -0.2) is 14.6 Å². The first-order chi connectivity index (χ1) is 29.3. The van der Waals surface area contributed by atoms with Gasteiger partial charge in [-0.3, -0.25) is 10.1 Å². The Morgan fingerprint density at radius 3 is 1.92 bits per heavy atom. The van der Waals surface area contributed by atoms with E-state index in [1.807, 2.05) is 121 Å². The number of fused-ring (bicyclic) bond motifs is 1. The van der Waals surface area contributed by atoms with Crippen LogP contribution in [0.15, 0.2) is 108 Å². The molecule has 0 radical (unpaired) electrons. The van der Waals surface area contributed by atoms with Crippen molar-refractivity contribution in [3.63, 3.8) is 0 Å². The molecule has 0 atom stereocenters. The van der Waals surface area contributed by atoms with Gasteiger partial charge in [0.1, 0.15) is 12.3 Å². The second-order valence-electron chi connectivity index (χ2n) is 16.5. The topological polar surface area (TPSA) is 107 Å². The fraction of sp³-hybridized carbons (Fsp3) is 0.429. The molecule has 2 aliphatic carbocycles. The number of ether oxygens (including phenoxy) is 2. The normalized spacial score (nSPS) is 15.6. The van der Waals surface area contributed by atoms with E-state index in [4.69, 9.17) is 14.5 Å². The van der Waals surface area contributed by atoms with Crippen LogP contribution in [-0.4, -0.2) is 77.9 Å². The van der Waals surface area contributed by atoms with Crippen LogP contribution in [0.3, 0.4) is 0 Å². The number of aliphatic imine (C=N–C) groups is 1. The van der Waals surface area contributed by atoms with E-state index in [0.717, 1.165) is 73.7 Å². The molecule has 1 N–H and O–H groups in total. The lowest BCUT2D eigenvalue weighted by molar-refractivity contribution is -0.135. The minimum atomic E-state index is -0.474. The highest BCUT2D eigenvalue weighted by molar-refractivity contribution is 6.00. The highest BCUT2D eigenvalue weighted by Gasteiger charge is 2.35. The fourth-order valence-corrected chi connectivity index (χ4v) is 8.78. The van der Waals surface area contributed by atoms with Gasteiger partial charge in [0, 0.05) is 51.3 Å². The summed E-state index contributed by atoms with van der Waals surface area (Å²) in [6.07, 6.45) is 11.8. The van der Waals surface area contributed by atoms with Crippen LogP contribution in [0.2, 0.25) is 0 Å². The number of urea groups is 1. The number of hydrogen-bond acceptors (Lipinski definition) is 8. The van der Waals surface area contributed by atoms with Gasteiger partial charge in [-0.1, -0.05) is 117 Å². The maximum atomic E-state index is 14.4. The number of amides is 3. The number of benzene rings is 4. The monoisotopic (exact) mass is 812 g/mol. The quantitative estimate of drug-likeness (QED) is 0.0725. The maximum Gasteiger partial charge on any atom is 0.331 e. The molecule has 0 bridgehead atoms. The molecular formula is C49H60N6O5. The lowest BCUT2D eigenvalue weighted by Crippen LogP contribution is -2.57. The van der Waals surface area contributed by atoms with E-state index < -0.39 is 5.97 Å². The fourth-order valence-electron chi connectivity index (χ4n) is 8.78. The van der Waals surface area contributed by atoms with E-state index in [2.05, 4.69) is 10.2 Å². The molecule has 4 aromatic carbocycles. The Morgan fingerprint density at radius 1 is 0.717 bits per heavy atom. The third-order valence-electron chi connectivity index (χ3n) is 11.8. The molecule has 4 aromatic rings. The molecule has 2 fully saturated rings. The van der Waals surface area contributed by atoms with Crippen molar-refractivity contribution >= 4 is 35.2 Å².